The summed E-state index contributed by atoms with van der Waals surface area (Å²) in [5.74, 6) is 1.51. The number of nitrogens with one attached hydrogen (secondary N) is 1. The highest BCUT2D eigenvalue weighted by Crippen LogP contribution is 2.02. The lowest BCUT2D eigenvalue weighted by Crippen LogP contribution is -2.25. The molecule has 1 N–H and O–H groups in total. The second kappa shape index (κ2) is 16.2. The van der Waals surface area contributed by atoms with Gasteiger partial charge in [0.1, 0.15) is 0 Å². The summed E-state index contributed by atoms with van der Waals surface area (Å²) in [6.07, 6.45) is 3.60. The van der Waals surface area contributed by atoms with Gasteiger partial charge in [0.2, 0.25) is 0 Å². The van der Waals surface area contributed by atoms with E-state index in [4.69, 9.17) is 14.2 Å². The first-order chi connectivity index (χ1) is 10.2. The number of ether oxygens (including phenoxy) is 3. The van der Waals surface area contributed by atoms with Crippen LogP contribution in [0.3, 0.4) is 0 Å². The van der Waals surface area contributed by atoms with Crippen molar-refractivity contribution in [3.05, 3.63) is 0 Å². The second-order valence-corrected chi connectivity index (χ2v) is 6.09. The monoisotopic (exact) mass is 303 g/mol. The smallest absolute Gasteiger partial charge is 0.0701 e. The molecule has 0 heterocycles. The lowest BCUT2D eigenvalue weighted by Gasteiger charge is -2.10. The Balaban J connectivity index is 2.99. The number of hydrogen-bond acceptors (Lipinski definition) is 4. The van der Waals surface area contributed by atoms with Crippen LogP contribution < -0.4 is 5.32 Å². The molecule has 0 fully saturated rings. The molecule has 0 saturated heterocycles. The molecule has 0 spiro atoms. The van der Waals surface area contributed by atoms with E-state index < -0.39 is 0 Å². The molecule has 0 rings (SSSR count). The van der Waals surface area contributed by atoms with Crippen molar-refractivity contribution in [3.8, 4) is 0 Å². The molecule has 128 valence electrons. The Labute approximate surface area is 131 Å². The van der Waals surface area contributed by atoms with Crippen molar-refractivity contribution in [1.82, 2.24) is 5.32 Å². The Kier molecular flexibility index (Phi) is 16.1. The van der Waals surface area contributed by atoms with Crippen molar-refractivity contribution in [2.75, 3.05) is 52.7 Å². The molecule has 1 unspecified atom stereocenters. The number of hydrogen-bond donors (Lipinski definition) is 1. The quantitative estimate of drug-likeness (QED) is 0.445. The van der Waals surface area contributed by atoms with Crippen molar-refractivity contribution in [2.24, 2.45) is 11.8 Å². The third-order valence-electron chi connectivity index (χ3n) is 3.43. The zero-order valence-electron chi connectivity index (χ0n) is 14.7. The number of rotatable bonds is 16. The van der Waals surface area contributed by atoms with Crippen LogP contribution in [0.25, 0.3) is 0 Å². The highest BCUT2D eigenvalue weighted by atomic mass is 16.5. The summed E-state index contributed by atoms with van der Waals surface area (Å²) in [7, 11) is 0. The van der Waals surface area contributed by atoms with Gasteiger partial charge in [-0.2, -0.15) is 0 Å². The summed E-state index contributed by atoms with van der Waals surface area (Å²) in [4.78, 5) is 0. The molecular weight excluding hydrogens is 266 g/mol. The lowest BCUT2D eigenvalue weighted by atomic mass is 10.1. The molecule has 0 aromatic heterocycles. The van der Waals surface area contributed by atoms with Gasteiger partial charge >= 0.3 is 0 Å². The molecule has 21 heavy (non-hydrogen) atoms. The van der Waals surface area contributed by atoms with Crippen molar-refractivity contribution in [1.29, 1.82) is 0 Å². The predicted octanol–water partition coefficient (Wildman–Crippen LogP) is 3.11. The van der Waals surface area contributed by atoms with Crippen LogP contribution in [0.1, 0.15) is 47.0 Å². The van der Waals surface area contributed by atoms with E-state index in [-0.39, 0.29) is 0 Å². The normalized spacial score (nSPS) is 13.0. The fraction of sp³-hybridized carbons (Fsp3) is 1.00. The van der Waals surface area contributed by atoms with Crippen LogP contribution in [-0.4, -0.2) is 52.7 Å². The Bertz CT molecular complexity index is 200. The van der Waals surface area contributed by atoms with Gasteiger partial charge < -0.3 is 19.5 Å². The Hall–Kier alpha value is -0.160. The molecule has 0 aliphatic heterocycles. The molecule has 0 aromatic carbocycles. The van der Waals surface area contributed by atoms with E-state index in [1.807, 2.05) is 0 Å². The van der Waals surface area contributed by atoms with Gasteiger partial charge in [0.15, 0.2) is 0 Å². The zero-order chi connectivity index (χ0) is 15.8. The van der Waals surface area contributed by atoms with E-state index in [1.165, 1.54) is 12.8 Å². The van der Waals surface area contributed by atoms with Gasteiger partial charge in [-0.1, -0.05) is 34.1 Å². The average Bonchev–Trinajstić information content (AvgIpc) is 2.46. The average molecular weight is 303 g/mol. The topological polar surface area (TPSA) is 39.7 Å². The fourth-order valence-corrected chi connectivity index (χ4v) is 1.77. The minimum Gasteiger partial charge on any atom is -0.379 e. The van der Waals surface area contributed by atoms with Crippen LogP contribution in [0, 0.1) is 11.8 Å². The minimum absolute atomic E-state index is 0.653. The van der Waals surface area contributed by atoms with Crippen LogP contribution in [0.15, 0.2) is 0 Å². The van der Waals surface area contributed by atoms with Crippen LogP contribution >= 0.6 is 0 Å². The van der Waals surface area contributed by atoms with Crippen LogP contribution in [0.2, 0.25) is 0 Å². The zero-order valence-corrected chi connectivity index (χ0v) is 14.7. The van der Waals surface area contributed by atoms with Gasteiger partial charge in [0, 0.05) is 13.2 Å². The predicted molar refractivity (Wildman–Crippen MR) is 88.9 cm³/mol. The van der Waals surface area contributed by atoms with Crippen LogP contribution in [0.5, 0.6) is 0 Å². The minimum atomic E-state index is 0.653. The standard InChI is InChI=1S/C17H37NO3/c1-5-17(4)15-18-8-10-20-12-14-21-13-11-19-9-6-7-16(2)3/h16-18H,5-15H2,1-4H3. The van der Waals surface area contributed by atoms with Crippen molar-refractivity contribution >= 4 is 0 Å². The first kappa shape index (κ1) is 20.8. The van der Waals surface area contributed by atoms with Crippen molar-refractivity contribution < 1.29 is 14.2 Å². The molecule has 1 atom stereocenters. The van der Waals surface area contributed by atoms with Gasteiger partial charge in [0.05, 0.1) is 33.0 Å². The Morgan fingerprint density at radius 2 is 1.38 bits per heavy atom. The highest BCUT2D eigenvalue weighted by Gasteiger charge is 1.97. The SMILES string of the molecule is CCC(C)CNCCOCCOCCOCCCC(C)C. The van der Waals surface area contributed by atoms with Gasteiger partial charge in [-0.3, -0.25) is 0 Å². The lowest BCUT2D eigenvalue weighted by molar-refractivity contribution is 0.0141. The van der Waals surface area contributed by atoms with Crippen molar-refractivity contribution in [3.63, 3.8) is 0 Å². The van der Waals surface area contributed by atoms with E-state index in [0.29, 0.717) is 26.4 Å². The van der Waals surface area contributed by atoms with Gasteiger partial charge in [-0.05, 0) is 31.2 Å². The molecule has 0 amide bonds. The third kappa shape index (κ3) is 17.8. The highest BCUT2D eigenvalue weighted by molar-refractivity contribution is 4.53. The van der Waals surface area contributed by atoms with Crippen LogP contribution in [-0.2, 0) is 14.2 Å². The molecule has 4 heteroatoms. The van der Waals surface area contributed by atoms with Gasteiger partial charge in [-0.15, -0.1) is 0 Å². The maximum absolute atomic E-state index is 5.50. The summed E-state index contributed by atoms with van der Waals surface area (Å²) < 4.78 is 16.4. The van der Waals surface area contributed by atoms with E-state index in [2.05, 4.69) is 33.0 Å². The molecule has 0 aliphatic carbocycles. The summed E-state index contributed by atoms with van der Waals surface area (Å²) in [6, 6.07) is 0. The van der Waals surface area contributed by atoms with Crippen molar-refractivity contribution in [2.45, 2.75) is 47.0 Å². The van der Waals surface area contributed by atoms with Gasteiger partial charge in [0.25, 0.3) is 0 Å². The molecular formula is C17H37NO3. The summed E-state index contributed by atoms with van der Waals surface area (Å²) in [5, 5.41) is 3.39. The first-order valence-electron chi connectivity index (χ1n) is 8.60. The molecule has 0 bridgehead atoms. The first-order valence-corrected chi connectivity index (χ1v) is 8.60. The molecule has 0 saturated carbocycles. The molecule has 4 nitrogen and oxygen atoms in total. The molecule has 0 aliphatic rings. The van der Waals surface area contributed by atoms with Crippen LogP contribution in [0.4, 0.5) is 0 Å². The van der Waals surface area contributed by atoms with E-state index in [0.717, 1.165) is 44.6 Å². The van der Waals surface area contributed by atoms with E-state index in [1.54, 1.807) is 0 Å². The third-order valence-corrected chi connectivity index (χ3v) is 3.43. The summed E-state index contributed by atoms with van der Waals surface area (Å²) >= 11 is 0. The molecule has 0 aromatic rings. The van der Waals surface area contributed by atoms with E-state index >= 15 is 0 Å². The largest absolute Gasteiger partial charge is 0.379 e. The van der Waals surface area contributed by atoms with Gasteiger partial charge in [-0.25, -0.2) is 0 Å². The maximum Gasteiger partial charge on any atom is 0.0701 e. The molecule has 0 radical (unpaired) electrons. The Morgan fingerprint density at radius 3 is 1.95 bits per heavy atom. The second-order valence-electron chi connectivity index (χ2n) is 6.09. The summed E-state index contributed by atoms with van der Waals surface area (Å²) in [6.45, 7) is 15.2. The van der Waals surface area contributed by atoms with E-state index in [9.17, 15) is 0 Å². The fourth-order valence-electron chi connectivity index (χ4n) is 1.77. The summed E-state index contributed by atoms with van der Waals surface area (Å²) in [5.41, 5.74) is 0. The maximum atomic E-state index is 5.50. The Morgan fingerprint density at radius 1 is 0.810 bits per heavy atom.